The van der Waals surface area contributed by atoms with Crippen LogP contribution in [-0.4, -0.2) is 38.9 Å². The zero-order valence-electron chi connectivity index (χ0n) is 14.5. The minimum Gasteiger partial charge on any atom is -0.353 e. The molecule has 2 N–H and O–H groups in total. The number of hydrogen-bond acceptors (Lipinski definition) is 4. The van der Waals surface area contributed by atoms with Crippen LogP contribution in [0.5, 0.6) is 0 Å². The highest BCUT2D eigenvalue weighted by atomic mass is 16.2. The third-order valence-electron chi connectivity index (χ3n) is 5.06. The van der Waals surface area contributed by atoms with E-state index in [1.54, 1.807) is 10.9 Å². The second-order valence-electron chi connectivity index (χ2n) is 7.35. The van der Waals surface area contributed by atoms with Gasteiger partial charge in [-0.3, -0.25) is 9.59 Å². The molecule has 0 spiro atoms. The highest BCUT2D eigenvalue weighted by Crippen LogP contribution is 2.30. The summed E-state index contributed by atoms with van der Waals surface area (Å²) in [6.45, 7) is 3.84. The van der Waals surface area contributed by atoms with E-state index in [9.17, 15) is 9.59 Å². The number of aromatic nitrogens is 3. The normalized spacial score (nSPS) is 24.5. The van der Waals surface area contributed by atoms with Crippen LogP contribution < -0.4 is 10.6 Å². The van der Waals surface area contributed by atoms with Gasteiger partial charge in [-0.15, -0.1) is 5.10 Å². The Morgan fingerprint density at radius 1 is 1.17 bits per heavy atom. The van der Waals surface area contributed by atoms with Crippen LogP contribution in [0, 0.1) is 5.92 Å². The maximum atomic E-state index is 12.0. The van der Waals surface area contributed by atoms with Gasteiger partial charge >= 0.3 is 0 Å². The average molecular weight is 333 g/mol. The zero-order valence-corrected chi connectivity index (χ0v) is 14.5. The van der Waals surface area contributed by atoms with Gasteiger partial charge in [-0.25, -0.2) is 4.68 Å². The number of carbonyl (C=O) groups excluding carboxylic acids is 2. The van der Waals surface area contributed by atoms with Crippen molar-refractivity contribution >= 4 is 11.8 Å². The molecule has 0 aromatic carbocycles. The summed E-state index contributed by atoms with van der Waals surface area (Å²) in [7, 11) is 0. The molecule has 1 aromatic rings. The van der Waals surface area contributed by atoms with Crippen molar-refractivity contribution in [3.8, 4) is 0 Å². The van der Waals surface area contributed by atoms with E-state index in [-0.39, 0.29) is 35.9 Å². The van der Waals surface area contributed by atoms with Gasteiger partial charge in [0.2, 0.25) is 5.91 Å². The minimum atomic E-state index is -0.183. The summed E-state index contributed by atoms with van der Waals surface area (Å²) >= 11 is 0. The van der Waals surface area contributed by atoms with Crippen molar-refractivity contribution in [2.24, 2.45) is 5.92 Å². The Kier molecular flexibility index (Phi) is 5.16. The van der Waals surface area contributed by atoms with Crippen LogP contribution in [0.3, 0.4) is 0 Å². The largest absolute Gasteiger partial charge is 0.353 e. The lowest BCUT2D eigenvalue weighted by molar-refractivity contribution is -0.128. The molecule has 132 valence electrons. The Morgan fingerprint density at radius 3 is 2.46 bits per heavy atom. The summed E-state index contributed by atoms with van der Waals surface area (Å²) in [5.41, 5.74) is 0.365. The van der Waals surface area contributed by atoms with Crippen molar-refractivity contribution < 1.29 is 9.59 Å². The molecule has 2 aliphatic carbocycles. The van der Waals surface area contributed by atoms with Crippen molar-refractivity contribution in [2.75, 3.05) is 0 Å². The van der Waals surface area contributed by atoms with Gasteiger partial charge in [0.1, 0.15) is 0 Å². The van der Waals surface area contributed by atoms with Crippen LogP contribution >= 0.6 is 0 Å². The molecule has 7 heteroatoms. The van der Waals surface area contributed by atoms with Crippen LogP contribution in [-0.2, 0) is 4.79 Å². The van der Waals surface area contributed by atoms with Gasteiger partial charge in [0.05, 0.1) is 12.2 Å². The second-order valence-corrected chi connectivity index (χ2v) is 7.35. The molecule has 0 bridgehead atoms. The standard InChI is InChI=1S/C17H27N5O2/c1-11(2)18-17(24)15-10-22(21-20-15)14-8-6-13(7-9-14)19-16(23)12-4-3-5-12/h10-14H,3-9H2,1-2H3,(H,18,24)(H,19,23). The zero-order chi connectivity index (χ0) is 17.1. The Labute approximate surface area is 142 Å². The lowest BCUT2D eigenvalue weighted by Crippen LogP contribution is -2.42. The molecule has 2 fully saturated rings. The van der Waals surface area contributed by atoms with Crippen LogP contribution in [0.1, 0.15) is 75.3 Å². The van der Waals surface area contributed by atoms with E-state index in [1.807, 2.05) is 13.8 Å². The first-order valence-electron chi connectivity index (χ1n) is 9.06. The number of hydrogen-bond donors (Lipinski definition) is 2. The van der Waals surface area contributed by atoms with E-state index in [4.69, 9.17) is 0 Å². The van der Waals surface area contributed by atoms with Gasteiger partial charge in [0, 0.05) is 18.0 Å². The minimum absolute atomic E-state index is 0.0809. The van der Waals surface area contributed by atoms with Gasteiger partial charge in [0.25, 0.3) is 5.91 Å². The van der Waals surface area contributed by atoms with Crippen LogP contribution in [0.2, 0.25) is 0 Å². The highest BCUT2D eigenvalue weighted by Gasteiger charge is 2.29. The van der Waals surface area contributed by atoms with Crippen LogP contribution in [0.25, 0.3) is 0 Å². The molecule has 0 atom stereocenters. The van der Waals surface area contributed by atoms with Gasteiger partial charge in [0.15, 0.2) is 5.69 Å². The molecular weight excluding hydrogens is 306 g/mol. The van der Waals surface area contributed by atoms with Crippen molar-refractivity contribution in [3.63, 3.8) is 0 Å². The van der Waals surface area contributed by atoms with E-state index in [1.165, 1.54) is 6.42 Å². The summed E-state index contributed by atoms with van der Waals surface area (Å²) in [6.07, 6.45) is 8.81. The topological polar surface area (TPSA) is 88.9 Å². The van der Waals surface area contributed by atoms with E-state index in [2.05, 4.69) is 20.9 Å². The fourth-order valence-corrected chi connectivity index (χ4v) is 3.37. The van der Waals surface area contributed by atoms with E-state index < -0.39 is 0 Å². The molecule has 0 saturated heterocycles. The van der Waals surface area contributed by atoms with Crippen molar-refractivity contribution in [2.45, 2.75) is 76.9 Å². The van der Waals surface area contributed by atoms with Gasteiger partial charge in [-0.05, 0) is 52.4 Å². The van der Waals surface area contributed by atoms with E-state index >= 15 is 0 Å². The first-order chi connectivity index (χ1) is 11.5. The number of carbonyl (C=O) groups is 2. The Morgan fingerprint density at radius 2 is 1.88 bits per heavy atom. The maximum absolute atomic E-state index is 12.0. The van der Waals surface area contributed by atoms with Crippen molar-refractivity contribution in [1.82, 2.24) is 25.6 Å². The first-order valence-corrected chi connectivity index (χ1v) is 9.06. The molecule has 24 heavy (non-hydrogen) atoms. The lowest BCUT2D eigenvalue weighted by Gasteiger charge is -2.32. The first kappa shape index (κ1) is 16.9. The fraction of sp³-hybridized carbons (Fsp3) is 0.765. The number of amides is 2. The summed E-state index contributed by atoms with van der Waals surface area (Å²) < 4.78 is 1.80. The van der Waals surface area contributed by atoms with Gasteiger partial charge in [-0.2, -0.15) is 0 Å². The Hall–Kier alpha value is -1.92. The molecule has 0 aliphatic heterocycles. The fourth-order valence-electron chi connectivity index (χ4n) is 3.37. The summed E-state index contributed by atoms with van der Waals surface area (Å²) in [5, 5.41) is 14.1. The molecule has 3 rings (SSSR count). The smallest absolute Gasteiger partial charge is 0.273 e. The average Bonchev–Trinajstić information content (AvgIpc) is 2.95. The Bertz CT molecular complexity index is 586. The Balaban J connectivity index is 1.48. The van der Waals surface area contributed by atoms with Gasteiger partial charge in [-0.1, -0.05) is 11.6 Å². The molecule has 0 radical (unpaired) electrons. The molecule has 0 unspecified atom stereocenters. The van der Waals surface area contributed by atoms with E-state index in [0.717, 1.165) is 38.5 Å². The lowest BCUT2D eigenvalue weighted by atomic mass is 9.84. The molecule has 2 amide bonds. The highest BCUT2D eigenvalue weighted by molar-refractivity contribution is 5.92. The molecule has 1 heterocycles. The summed E-state index contributed by atoms with van der Waals surface area (Å²) in [6, 6.07) is 0.619. The predicted octanol–water partition coefficient (Wildman–Crippen LogP) is 1.82. The molecular formula is C17H27N5O2. The van der Waals surface area contributed by atoms with E-state index in [0.29, 0.717) is 5.69 Å². The SMILES string of the molecule is CC(C)NC(=O)c1cn(C2CCC(NC(=O)C3CCC3)CC2)nn1. The monoisotopic (exact) mass is 333 g/mol. The predicted molar refractivity (Wildman–Crippen MR) is 89.4 cm³/mol. The summed E-state index contributed by atoms with van der Waals surface area (Å²) in [4.78, 5) is 24.0. The summed E-state index contributed by atoms with van der Waals surface area (Å²) in [5.74, 6) is 0.302. The van der Waals surface area contributed by atoms with Crippen LogP contribution in [0.4, 0.5) is 0 Å². The third-order valence-corrected chi connectivity index (χ3v) is 5.06. The quantitative estimate of drug-likeness (QED) is 0.860. The number of nitrogens with zero attached hydrogens (tertiary/aromatic N) is 3. The number of rotatable bonds is 5. The molecule has 7 nitrogen and oxygen atoms in total. The molecule has 2 aliphatic rings. The molecule has 2 saturated carbocycles. The van der Waals surface area contributed by atoms with Crippen molar-refractivity contribution in [3.05, 3.63) is 11.9 Å². The number of nitrogens with one attached hydrogen (secondary N) is 2. The maximum Gasteiger partial charge on any atom is 0.273 e. The van der Waals surface area contributed by atoms with Crippen molar-refractivity contribution in [1.29, 1.82) is 0 Å². The van der Waals surface area contributed by atoms with Gasteiger partial charge < -0.3 is 10.6 Å². The van der Waals surface area contributed by atoms with Crippen LogP contribution in [0.15, 0.2) is 6.20 Å². The third kappa shape index (κ3) is 3.94. The molecule has 1 aromatic heterocycles. The second kappa shape index (κ2) is 7.32.